The number of benzene rings is 1. The molecular weight excluding hydrogens is 310 g/mol. The first-order valence-corrected chi connectivity index (χ1v) is 9.40. The molecule has 1 aliphatic carbocycles. The molecule has 0 spiro atoms. The van der Waals surface area contributed by atoms with Gasteiger partial charge >= 0.3 is 0 Å². The van der Waals surface area contributed by atoms with Gasteiger partial charge in [0.25, 0.3) is 0 Å². The van der Waals surface area contributed by atoms with Gasteiger partial charge in [-0.25, -0.2) is 18.4 Å². The summed E-state index contributed by atoms with van der Waals surface area (Å²) in [4.78, 5) is 8.36. The van der Waals surface area contributed by atoms with Crippen molar-refractivity contribution in [2.45, 2.75) is 37.5 Å². The number of hydrogen-bond donors (Lipinski definition) is 0. The quantitative estimate of drug-likeness (QED) is 0.844. The van der Waals surface area contributed by atoms with Crippen LogP contribution in [0.3, 0.4) is 0 Å². The van der Waals surface area contributed by atoms with Crippen LogP contribution in [0.2, 0.25) is 0 Å². The predicted molar refractivity (Wildman–Crippen MR) is 87.4 cm³/mol. The lowest BCUT2D eigenvalue weighted by atomic mass is 9.99. The lowest BCUT2D eigenvalue weighted by molar-refractivity contribution is 0.352. The first-order valence-electron chi connectivity index (χ1n) is 7.90. The zero-order valence-electron chi connectivity index (χ0n) is 13.0. The number of aromatic nitrogens is 2. The van der Waals surface area contributed by atoms with Crippen molar-refractivity contribution in [2.75, 3.05) is 6.54 Å². The van der Waals surface area contributed by atoms with Gasteiger partial charge in [-0.05, 0) is 24.0 Å². The maximum atomic E-state index is 13.1. The van der Waals surface area contributed by atoms with E-state index in [0.29, 0.717) is 25.9 Å². The second-order valence-electron chi connectivity index (χ2n) is 6.47. The van der Waals surface area contributed by atoms with Crippen molar-refractivity contribution in [1.29, 1.82) is 0 Å². The van der Waals surface area contributed by atoms with Crippen molar-refractivity contribution >= 4 is 10.0 Å². The molecule has 0 bridgehead atoms. The van der Waals surface area contributed by atoms with Crippen molar-refractivity contribution in [3.8, 4) is 0 Å². The van der Waals surface area contributed by atoms with Gasteiger partial charge in [0.2, 0.25) is 10.0 Å². The lowest BCUT2D eigenvalue weighted by Crippen LogP contribution is -2.43. The highest BCUT2D eigenvalue weighted by Crippen LogP contribution is 2.33. The summed E-state index contributed by atoms with van der Waals surface area (Å²) < 4.78 is 27.8. The number of rotatable bonds is 2. The molecule has 1 aliphatic heterocycles. The average molecular weight is 329 g/mol. The van der Waals surface area contributed by atoms with Crippen molar-refractivity contribution in [3.05, 3.63) is 59.2 Å². The Bertz CT molecular complexity index is 825. The van der Waals surface area contributed by atoms with E-state index in [2.05, 4.69) is 9.97 Å². The lowest BCUT2D eigenvalue weighted by Gasteiger charge is -2.32. The van der Waals surface area contributed by atoms with E-state index in [9.17, 15) is 8.42 Å². The molecular formula is C17H19N3O2S. The molecule has 1 unspecified atom stereocenters. The summed E-state index contributed by atoms with van der Waals surface area (Å²) in [5.41, 5.74) is 4.22. The molecule has 1 aromatic heterocycles. The van der Waals surface area contributed by atoms with Gasteiger partial charge in [-0.15, -0.1) is 0 Å². The van der Waals surface area contributed by atoms with Gasteiger partial charge in [0.05, 0.1) is 10.9 Å². The van der Waals surface area contributed by atoms with Crippen molar-refractivity contribution in [1.82, 2.24) is 14.3 Å². The molecule has 1 aromatic carbocycles. The van der Waals surface area contributed by atoms with E-state index in [1.54, 1.807) is 10.5 Å². The van der Waals surface area contributed by atoms with Gasteiger partial charge in [0.15, 0.2) is 0 Å². The average Bonchev–Trinajstić information content (AvgIpc) is 3.00. The third-order valence-electron chi connectivity index (χ3n) is 4.91. The van der Waals surface area contributed by atoms with Gasteiger partial charge in [-0.3, -0.25) is 0 Å². The zero-order chi connectivity index (χ0) is 16.0. The zero-order valence-corrected chi connectivity index (χ0v) is 13.8. The molecule has 4 rings (SSSR count). The van der Waals surface area contributed by atoms with E-state index < -0.39 is 10.0 Å². The number of hydrogen-bond acceptors (Lipinski definition) is 4. The second-order valence-corrected chi connectivity index (χ2v) is 8.68. The second kappa shape index (κ2) is 5.39. The molecule has 0 N–H and O–H groups in total. The van der Waals surface area contributed by atoms with Crippen LogP contribution >= 0.6 is 0 Å². The van der Waals surface area contributed by atoms with Crippen LogP contribution in [0.4, 0.5) is 0 Å². The van der Waals surface area contributed by atoms with Gasteiger partial charge in [-0.2, -0.15) is 4.31 Å². The topological polar surface area (TPSA) is 63.2 Å². The molecule has 1 atom stereocenters. The maximum Gasteiger partial charge on any atom is 0.217 e. The van der Waals surface area contributed by atoms with Gasteiger partial charge in [-0.1, -0.05) is 31.2 Å². The highest BCUT2D eigenvalue weighted by molar-refractivity contribution is 7.89. The Morgan fingerprint density at radius 2 is 1.83 bits per heavy atom. The summed E-state index contributed by atoms with van der Waals surface area (Å²) in [5.74, 6) is 0.0975. The van der Waals surface area contributed by atoms with E-state index in [1.807, 2.05) is 31.2 Å². The molecule has 0 saturated heterocycles. The van der Waals surface area contributed by atoms with Gasteiger partial charge < -0.3 is 0 Å². The van der Waals surface area contributed by atoms with Crippen LogP contribution in [0.25, 0.3) is 0 Å². The number of fused-ring (bicyclic) bond motifs is 2. The fourth-order valence-electron chi connectivity index (χ4n) is 3.71. The fraction of sp³-hybridized carbons (Fsp3) is 0.412. The summed E-state index contributed by atoms with van der Waals surface area (Å²) in [5, 5.41) is -0.349. The molecule has 5 nitrogen and oxygen atoms in total. The van der Waals surface area contributed by atoms with Crippen LogP contribution in [0.5, 0.6) is 0 Å². The van der Waals surface area contributed by atoms with Crippen LogP contribution in [-0.4, -0.2) is 34.5 Å². The molecule has 2 aliphatic rings. The van der Waals surface area contributed by atoms with Crippen molar-refractivity contribution in [2.24, 2.45) is 0 Å². The molecule has 23 heavy (non-hydrogen) atoms. The van der Waals surface area contributed by atoms with Crippen molar-refractivity contribution < 1.29 is 8.42 Å². The molecule has 2 aromatic rings. The summed E-state index contributed by atoms with van der Waals surface area (Å²) in [6.45, 7) is 2.91. The minimum atomic E-state index is -3.33. The molecule has 0 saturated carbocycles. The summed E-state index contributed by atoms with van der Waals surface area (Å²) in [6, 6.07) is 8.02. The third kappa shape index (κ3) is 2.46. The van der Waals surface area contributed by atoms with Crippen LogP contribution in [0.1, 0.15) is 35.2 Å². The van der Waals surface area contributed by atoms with E-state index >= 15 is 0 Å². The fourth-order valence-corrected chi connectivity index (χ4v) is 5.67. The Hall–Kier alpha value is -1.79. The van der Waals surface area contributed by atoms with Crippen LogP contribution in [0.15, 0.2) is 36.8 Å². The summed E-state index contributed by atoms with van der Waals surface area (Å²) >= 11 is 0. The van der Waals surface area contributed by atoms with Crippen LogP contribution in [-0.2, 0) is 29.4 Å². The van der Waals surface area contributed by atoms with E-state index in [0.717, 1.165) is 22.4 Å². The Kier molecular flexibility index (Phi) is 3.46. The van der Waals surface area contributed by atoms with E-state index in [4.69, 9.17) is 0 Å². The molecule has 0 fully saturated rings. The van der Waals surface area contributed by atoms with Crippen LogP contribution in [0, 0.1) is 0 Å². The Balaban J connectivity index is 1.62. The number of sulfonamides is 1. The predicted octanol–water partition coefficient (Wildman–Crippen LogP) is 1.89. The first-order chi connectivity index (χ1) is 11.1. The highest BCUT2D eigenvalue weighted by atomic mass is 32.2. The number of nitrogens with zero attached hydrogens (tertiary/aromatic N) is 3. The van der Waals surface area contributed by atoms with Crippen molar-refractivity contribution in [3.63, 3.8) is 0 Å². The Morgan fingerprint density at radius 3 is 2.52 bits per heavy atom. The minimum Gasteiger partial charge on any atom is -0.244 e. The normalized spacial score (nSPS) is 21.9. The molecule has 0 radical (unpaired) electrons. The molecule has 0 amide bonds. The van der Waals surface area contributed by atoms with Crippen LogP contribution < -0.4 is 0 Å². The SMILES string of the molecule is CC1CN(S(=O)(=O)C2Cc3ccccc3C2)Cc2cncnc21. The summed E-state index contributed by atoms with van der Waals surface area (Å²) in [7, 11) is -3.33. The monoisotopic (exact) mass is 329 g/mol. The Labute approximate surface area is 136 Å². The van der Waals surface area contributed by atoms with E-state index in [1.165, 1.54) is 6.33 Å². The molecule has 2 heterocycles. The summed E-state index contributed by atoms with van der Waals surface area (Å²) in [6.07, 6.45) is 4.50. The minimum absolute atomic E-state index is 0.0975. The highest BCUT2D eigenvalue weighted by Gasteiger charge is 2.39. The standard InChI is InChI=1S/C17H19N3O2S/c1-12-9-20(10-15-8-18-11-19-17(12)15)23(21,22)16-6-13-4-2-3-5-14(13)7-16/h2-5,8,11-12,16H,6-7,9-10H2,1H3. The smallest absolute Gasteiger partial charge is 0.217 e. The third-order valence-corrected chi connectivity index (χ3v) is 7.08. The molecule has 120 valence electrons. The van der Waals surface area contributed by atoms with E-state index in [-0.39, 0.29) is 11.2 Å². The first kappa shape index (κ1) is 14.8. The van der Waals surface area contributed by atoms with Gasteiger partial charge in [0, 0.05) is 30.8 Å². The maximum absolute atomic E-state index is 13.1. The molecule has 6 heteroatoms. The largest absolute Gasteiger partial charge is 0.244 e. The Morgan fingerprint density at radius 1 is 1.13 bits per heavy atom. The van der Waals surface area contributed by atoms with Gasteiger partial charge in [0.1, 0.15) is 6.33 Å².